The molecule has 0 aromatic heterocycles. The Morgan fingerprint density at radius 3 is 2.24 bits per heavy atom. The molecule has 2 aliphatic heterocycles. The van der Waals surface area contributed by atoms with Crippen molar-refractivity contribution in [1.29, 1.82) is 0 Å². The van der Waals surface area contributed by atoms with Gasteiger partial charge >= 0.3 is 17.9 Å². The number of fused-ring (bicyclic) bond motifs is 1. The minimum Gasteiger partial charge on any atom is -0.462 e. The lowest BCUT2D eigenvalue weighted by atomic mass is 9.90. The first-order valence-electron chi connectivity index (χ1n) is 19.0. The number of aliphatic hydroxyl groups is 2. The smallest absolute Gasteiger partial charge is 0.348 e. The molecule has 1 aromatic rings. The first-order chi connectivity index (χ1) is 25.7. The number of carbonyl (C=O) groups is 5. The molecule has 298 valence electrons. The Morgan fingerprint density at radius 1 is 1.00 bits per heavy atom. The monoisotopic (exact) mass is 756 g/mol. The normalized spacial score (nSPS) is 23.8. The third kappa shape index (κ3) is 11.2. The van der Waals surface area contributed by atoms with Crippen molar-refractivity contribution in [3.05, 3.63) is 53.1 Å². The Labute approximate surface area is 317 Å². The standard InChI is InChI=1S/C40H56N2O12/c1-6-8-10-18-40(19-11-9-7-2)53-30-23-28(35(46)42-32(25(3)44)36(47)41-20-21-43)22-29(33(30)54-40)51-37(48)27-15-12-26(13-16-27)14-17-31(45)52-34-38(49)50-24-39(34,4)5/h12-17,23,25,29-30,32-34,43-44H,6-11,18-22,24H2,1-5H3,(H,41,47)(H,42,46)/t25-,29+,30+,32+,33-,34-/m0/s1. The molecule has 1 aromatic carbocycles. The number of carbonyl (C=O) groups excluding carboxylic acids is 5. The molecule has 0 radical (unpaired) electrons. The number of cyclic esters (lactones) is 1. The van der Waals surface area contributed by atoms with Gasteiger partial charge in [-0.05, 0) is 49.6 Å². The number of hydrogen-bond donors (Lipinski definition) is 4. The molecular weight excluding hydrogens is 700 g/mol. The summed E-state index contributed by atoms with van der Waals surface area (Å²) in [5, 5.41) is 24.5. The summed E-state index contributed by atoms with van der Waals surface area (Å²) in [4.78, 5) is 64.3. The fraction of sp³-hybridized carbons (Fsp3) is 0.625. The highest BCUT2D eigenvalue weighted by atomic mass is 16.8. The maximum atomic E-state index is 13.6. The first-order valence-corrected chi connectivity index (χ1v) is 19.0. The second-order valence-electron chi connectivity index (χ2n) is 14.9. The van der Waals surface area contributed by atoms with Crippen LogP contribution < -0.4 is 10.6 Å². The average Bonchev–Trinajstić information content (AvgIpc) is 3.64. The zero-order valence-corrected chi connectivity index (χ0v) is 32.0. The van der Waals surface area contributed by atoms with Crippen LogP contribution in [0.15, 0.2) is 42.0 Å². The van der Waals surface area contributed by atoms with Crippen molar-refractivity contribution in [2.24, 2.45) is 5.41 Å². The molecule has 3 aliphatic rings. The molecule has 4 rings (SSSR count). The van der Waals surface area contributed by atoms with Crippen molar-refractivity contribution in [3.63, 3.8) is 0 Å². The molecule has 1 aliphatic carbocycles. The molecule has 14 nitrogen and oxygen atoms in total. The maximum absolute atomic E-state index is 13.6. The van der Waals surface area contributed by atoms with Gasteiger partial charge in [-0.2, -0.15) is 0 Å². The lowest BCUT2D eigenvalue weighted by molar-refractivity contribution is -0.190. The van der Waals surface area contributed by atoms with Gasteiger partial charge in [-0.3, -0.25) is 9.59 Å². The highest BCUT2D eigenvalue weighted by Crippen LogP contribution is 2.43. The molecule has 0 bridgehead atoms. The van der Waals surface area contributed by atoms with Gasteiger partial charge in [-0.15, -0.1) is 0 Å². The third-order valence-electron chi connectivity index (χ3n) is 9.82. The third-order valence-corrected chi connectivity index (χ3v) is 9.82. The van der Waals surface area contributed by atoms with E-state index in [0.29, 0.717) is 18.4 Å². The number of rotatable bonds is 19. The highest BCUT2D eigenvalue weighted by molar-refractivity contribution is 5.98. The molecule has 4 N–H and O–H groups in total. The van der Waals surface area contributed by atoms with Gasteiger partial charge < -0.3 is 44.5 Å². The number of aliphatic hydroxyl groups excluding tert-OH is 2. The topological polar surface area (TPSA) is 196 Å². The summed E-state index contributed by atoms with van der Waals surface area (Å²) >= 11 is 0. The molecule has 2 saturated heterocycles. The number of unbranched alkanes of at least 4 members (excludes halogenated alkanes) is 4. The molecule has 14 heteroatoms. The number of nitrogens with one attached hydrogen (secondary N) is 2. The number of benzene rings is 1. The van der Waals surface area contributed by atoms with Crippen LogP contribution in [0.3, 0.4) is 0 Å². The van der Waals surface area contributed by atoms with E-state index in [0.717, 1.165) is 38.5 Å². The molecule has 0 unspecified atom stereocenters. The zero-order valence-electron chi connectivity index (χ0n) is 32.0. The summed E-state index contributed by atoms with van der Waals surface area (Å²) in [5.74, 6) is -4.19. The van der Waals surface area contributed by atoms with Crippen LogP contribution in [-0.4, -0.2) is 102 Å². The molecule has 2 fully saturated rings. The van der Waals surface area contributed by atoms with E-state index < -0.39 is 77.5 Å². The molecule has 0 saturated carbocycles. The van der Waals surface area contributed by atoms with E-state index >= 15 is 0 Å². The fourth-order valence-corrected chi connectivity index (χ4v) is 6.72. The van der Waals surface area contributed by atoms with Gasteiger partial charge in [0.25, 0.3) is 0 Å². The second kappa shape index (κ2) is 19.5. The molecular formula is C40H56N2O12. The summed E-state index contributed by atoms with van der Waals surface area (Å²) in [6.07, 6.45) is 6.68. The van der Waals surface area contributed by atoms with E-state index in [-0.39, 0.29) is 37.3 Å². The van der Waals surface area contributed by atoms with Gasteiger partial charge in [0.05, 0.1) is 18.3 Å². The largest absolute Gasteiger partial charge is 0.462 e. The number of ether oxygens (including phenoxy) is 5. The minimum atomic E-state index is -1.30. The lowest BCUT2D eigenvalue weighted by Gasteiger charge is -2.31. The van der Waals surface area contributed by atoms with Crippen LogP contribution in [0.25, 0.3) is 6.08 Å². The predicted molar refractivity (Wildman–Crippen MR) is 196 cm³/mol. The zero-order chi connectivity index (χ0) is 39.5. The van der Waals surface area contributed by atoms with Gasteiger partial charge in [0.1, 0.15) is 31.0 Å². The van der Waals surface area contributed by atoms with Gasteiger partial charge in [-0.1, -0.05) is 65.5 Å². The van der Waals surface area contributed by atoms with E-state index in [9.17, 15) is 29.1 Å². The lowest BCUT2D eigenvalue weighted by Crippen LogP contribution is -2.54. The van der Waals surface area contributed by atoms with Crippen molar-refractivity contribution in [1.82, 2.24) is 10.6 Å². The molecule has 2 amide bonds. The summed E-state index contributed by atoms with van der Waals surface area (Å²) in [5.41, 5.74) is 0.370. The van der Waals surface area contributed by atoms with Crippen LogP contribution in [0, 0.1) is 5.41 Å². The molecule has 6 atom stereocenters. The Balaban J connectivity index is 1.52. The Bertz CT molecular complexity index is 1530. The quantitative estimate of drug-likeness (QED) is 0.0694. The first kappa shape index (κ1) is 42.6. The summed E-state index contributed by atoms with van der Waals surface area (Å²) < 4.78 is 29.7. The van der Waals surface area contributed by atoms with Crippen molar-refractivity contribution >= 4 is 35.8 Å². The number of hydrogen-bond acceptors (Lipinski definition) is 12. The van der Waals surface area contributed by atoms with Crippen LogP contribution in [0.1, 0.15) is 108 Å². The van der Waals surface area contributed by atoms with Crippen molar-refractivity contribution in [2.45, 2.75) is 135 Å². The number of amides is 2. The van der Waals surface area contributed by atoms with Crippen LogP contribution >= 0.6 is 0 Å². The van der Waals surface area contributed by atoms with Crippen molar-refractivity contribution < 1.29 is 57.9 Å². The van der Waals surface area contributed by atoms with Gasteiger partial charge in [-0.25, -0.2) is 14.4 Å². The van der Waals surface area contributed by atoms with Gasteiger partial charge in [0.15, 0.2) is 5.79 Å². The Morgan fingerprint density at radius 2 is 1.67 bits per heavy atom. The van der Waals surface area contributed by atoms with Gasteiger partial charge in [0, 0.05) is 42.9 Å². The average molecular weight is 757 g/mol. The van der Waals surface area contributed by atoms with Crippen LogP contribution in [0.2, 0.25) is 0 Å². The molecule has 54 heavy (non-hydrogen) atoms. The van der Waals surface area contributed by atoms with Crippen molar-refractivity contribution in [3.8, 4) is 0 Å². The van der Waals surface area contributed by atoms with E-state index in [1.165, 1.54) is 19.1 Å². The molecule has 2 heterocycles. The van der Waals surface area contributed by atoms with E-state index in [1.807, 2.05) is 0 Å². The molecule has 0 spiro atoms. The second-order valence-corrected chi connectivity index (χ2v) is 14.9. The van der Waals surface area contributed by atoms with E-state index in [4.69, 9.17) is 28.8 Å². The Hall–Kier alpha value is -4.11. The van der Waals surface area contributed by atoms with Gasteiger partial charge in [0.2, 0.25) is 17.9 Å². The highest BCUT2D eigenvalue weighted by Gasteiger charge is 2.52. The maximum Gasteiger partial charge on any atom is 0.348 e. The minimum absolute atomic E-state index is 0.0405. The van der Waals surface area contributed by atoms with E-state index in [2.05, 4.69) is 24.5 Å². The Kier molecular flexibility index (Phi) is 15.4. The summed E-state index contributed by atoms with van der Waals surface area (Å²) in [6.45, 7) is 8.94. The summed E-state index contributed by atoms with van der Waals surface area (Å²) in [6, 6.07) is 5.02. The van der Waals surface area contributed by atoms with Crippen LogP contribution in [0.4, 0.5) is 0 Å². The van der Waals surface area contributed by atoms with Crippen LogP contribution in [0.5, 0.6) is 0 Å². The fourth-order valence-electron chi connectivity index (χ4n) is 6.72. The number of esters is 3. The summed E-state index contributed by atoms with van der Waals surface area (Å²) in [7, 11) is 0. The van der Waals surface area contributed by atoms with Crippen LogP contribution in [-0.2, 0) is 42.9 Å². The van der Waals surface area contributed by atoms with E-state index in [1.54, 1.807) is 44.2 Å². The SMILES string of the molecule is CCCCCC1(CCCCC)O[C@@H]2[C@@H](C=C(C(=O)N[C@@H](C(=O)NCCO)[C@H](C)O)C[C@H]2OC(=O)c2ccc(C=CC(=O)O[C@H]3C(=O)OCC3(C)C)cc2)O1. The van der Waals surface area contributed by atoms with Crippen molar-refractivity contribution in [2.75, 3.05) is 19.8 Å². The predicted octanol–water partition coefficient (Wildman–Crippen LogP) is 3.67.